The monoisotopic (exact) mass is 356 g/mol. The lowest BCUT2D eigenvalue weighted by molar-refractivity contribution is -0.115. The summed E-state index contributed by atoms with van der Waals surface area (Å²) in [6.45, 7) is 1.17. The summed E-state index contributed by atoms with van der Waals surface area (Å²) in [5, 5.41) is 5.65. The molecule has 0 atom stereocenters. The zero-order valence-corrected chi connectivity index (χ0v) is 15.1. The molecule has 2 N–H and O–H groups in total. The maximum atomic E-state index is 12.1. The highest BCUT2D eigenvalue weighted by atomic mass is 16.5. The Balaban J connectivity index is 1.83. The number of benzene rings is 2. The number of ether oxygens (including phenoxy) is 2. The summed E-state index contributed by atoms with van der Waals surface area (Å²) in [7, 11) is 3.23. The Kier molecular flexibility index (Phi) is 7.64. The standard InChI is InChI=1S/C20H24N2O4/c1-25-13-3-12-21-20(24)16-6-8-17(9-7-16)22-19(23)14-15-4-10-18(26-2)11-5-15/h4-11H,3,12-14H2,1-2H3,(H,21,24)(H,22,23). The molecular formula is C20H24N2O4. The van der Waals surface area contributed by atoms with Crippen molar-refractivity contribution in [2.45, 2.75) is 12.8 Å². The van der Waals surface area contributed by atoms with E-state index in [1.165, 1.54) is 0 Å². The van der Waals surface area contributed by atoms with E-state index in [0.717, 1.165) is 17.7 Å². The molecule has 0 spiro atoms. The van der Waals surface area contributed by atoms with E-state index < -0.39 is 0 Å². The van der Waals surface area contributed by atoms with Gasteiger partial charge in [0, 0.05) is 31.5 Å². The van der Waals surface area contributed by atoms with Gasteiger partial charge < -0.3 is 20.1 Å². The molecule has 0 radical (unpaired) electrons. The summed E-state index contributed by atoms with van der Waals surface area (Å²) >= 11 is 0. The minimum absolute atomic E-state index is 0.119. The van der Waals surface area contributed by atoms with Crippen LogP contribution in [0.1, 0.15) is 22.3 Å². The van der Waals surface area contributed by atoms with E-state index in [1.54, 1.807) is 38.5 Å². The summed E-state index contributed by atoms with van der Waals surface area (Å²) in [6.07, 6.45) is 1.04. The van der Waals surface area contributed by atoms with Gasteiger partial charge in [0.2, 0.25) is 5.91 Å². The number of hydrogen-bond donors (Lipinski definition) is 2. The van der Waals surface area contributed by atoms with Gasteiger partial charge in [-0.2, -0.15) is 0 Å². The van der Waals surface area contributed by atoms with Gasteiger partial charge in [-0.15, -0.1) is 0 Å². The van der Waals surface area contributed by atoms with E-state index in [9.17, 15) is 9.59 Å². The molecule has 0 unspecified atom stereocenters. The Morgan fingerprint density at radius 1 is 0.962 bits per heavy atom. The van der Waals surface area contributed by atoms with Crippen LogP contribution in [0.15, 0.2) is 48.5 Å². The molecule has 0 aliphatic heterocycles. The number of carbonyl (C=O) groups excluding carboxylic acids is 2. The van der Waals surface area contributed by atoms with Gasteiger partial charge in [0.05, 0.1) is 13.5 Å². The molecule has 0 aliphatic carbocycles. The first-order valence-electron chi connectivity index (χ1n) is 8.42. The zero-order chi connectivity index (χ0) is 18.8. The molecule has 138 valence electrons. The minimum atomic E-state index is -0.141. The van der Waals surface area contributed by atoms with Gasteiger partial charge in [-0.05, 0) is 48.4 Å². The molecule has 6 heteroatoms. The van der Waals surface area contributed by atoms with Crippen molar-refractivity contribution in [3.05, 3.63) is 59.7 Å². The lowest BCUT2D eigenvalue weighted by Crippen LogP contribution is -2.25. The molecular weight excluding hydrogens is 332 g/mol. The largest absolute Gasteiger partial charge is 0.497 e. The van der Waals surface area contributed by atoms with E-state index >= 15 is 0 Å². The van der Waals surface area contributed by atoms with Crippen molar-refractivity contribution in [3.63, 3.8) is 0 Å². The summed E-state index contributed by atoms with van der Waals surface area (Å²) in [6, 6.07) is 14.2. The van der Waals surface area contributed by atoms with Gasteiger partial charge in [0.15, 0.2) is 0 Å². The first-order chi connectivity index (χ1) is 12.6. The second-order valence-corrected chi connectivity index (χ2v) is 5.75. The minimum Gasteiger partial charge on any atom is -0.497 e. The topological polar surface area (TPSA) is 76.7 Å². The normalized spacial score (nSPS) is 10.2. The van der Waals surface area contributed by atoms with Gasteiger partial charge in [-0.1, -0.05) is 12.1 Å². The summed E-state index contributed by atoms with van der Waals surface area (Å²) in [5.41, 5.74) is 2.10. The number of rotatable bonds is 9. The number of methoxy groups -OCH3 is 2. The number of anilines is 1. The Labute approximate surface area is 153 Å². The maximum absolute atomic E-state index is 12.1. The third kappa shape index (κ3) is 6.22. The van der Waals surface area contributed by atoms with Crippen molar-refractivity contribution in [1.29, 1.82) is 0 Å². The highest BCUT2D eigenvalue weighted by Crippen LogP contribution is 2.13. The molecule has 26 heavy (non-hydrogen) atoms. The van der Waals surface area contributed by atoms with Crippen LogP contribution >= 0.6 is 0 Å². The van der Waals surface area contributed by atoms with Gasteiger partial charge in [-0.25, -0.2) is 0 Å². The SMILES string of the molecule is COCCCNC(=O)c1ccc(NC(=O)Cc2ccc(OC)cc2)cc1. The molecule has 0 heterocycles. The molecule has 2 aromatic rings. The third-order valence-corrected chi connectivity index (χ3v) is 3.77. The molecule has 0 aromatic heterocycles. The van der Waals surface area contributed by atoms with Crippen molar-refractivity contribution in [2.24, 2.45) is 0 Å². The predicted molar refractivity (Wildman–Crippen MR) is 101 cm³/mol. The van der Waals surface area contributed by atoms with Crippen LogP contribution in [0.3, 0.4) is 0 Å². The van der Waals surface area contributed by atoms with E-state index in [1.807, 2.05) is 24.3 Å². The molecule has 0 saturated heterocycles. The smallest absolute Gasteiger partial charge is 0.251 e. The van der Waals surface area contributed by atoms with Crippen molar-refractivity contribution in [3.8, 4) is 5.75 Å². The molecule has 2 rings (SSSR count). The summed E-state index contributed by atoms with van der Waals surface area (Å²) in [4.78, 5) is 24.1. The number of nitrogens with one attached hydrogen (secondary N) is 2. The molecule has 2 amide bonds. The van der Waals surface area contributed by atoms with Crippen molar-refractivity contribution >= 4 is 17.5 Å². The van der Waals surface area contributed by atoms with Crippen molar-refractivity contribution in [2.75, 3.05) is 32.7 Å². The fourth-order valence-corrected chi connectivity index (χ4v) is 2.36. The molecule has 6 nitrogen and oxygen atoms in total. The Bertz CT molecular complexity index is 712. The average Bonchev–Trinajstić information content (AvgIpc) is 2.66. The maximum Gasteiger partial charge on any atom is 0.251 e. The molecule has 0 saturated carbocycles. The predicted octanol–water partition coefficient (Wildman–Crippen LogP) is 2.64. The average molecular weight is 356 g/mol. The summed E-state index contributed by atoms with van der Waals surface area (Å²) in [5.74, 6) is 0.495. The van der Waals surface area contributed by atoms with Crippen LogP contribution in [0.25, 0.3) is 0 Å². The van der Waals surface area contributed by atoms with Gasteiger partial charge in [-0.3, -0.25) is 9.59 Å². The fourth-order valence-electron chi connectivity index (χ4n) is 2.36. The Morgan fingerprint density at radius 3 is 2.27 bits per heavy atom. The highest BCUT2D eigenvalue weighted by Gasteiger charge is 2.07. The summed E-state index contributed by atoms with van der Waals surface area (Å²) < 4.78 is 10.0. The molecule has 0 fully saturated rings. The number of amides is 2. The van der Waals surface area contributed by atoms with E-state index in [-0.39, 0.29) is 18.2 Å². The molecule has 0 aliphatic rings. The third-order valence-electron chi connectivity index (χ3n) is 3.77. The van der Waals surface area contributed by atoms with E-state index in [2.05, 4.69) is 10.6 Å². The van der Waals surface area contributed by atoms with Crippen LogP contribution in [0.2, 0.25) is 0 Å². The molecule has 2 aromatic carbocycles. The van der Waals surface area contributed by atoms with Crippen LogP contribution in [0, 0.1) is 0 Å². The highest BCUT2D eigenvalue weighted by molar-refractivity contribution is 5.96. The van der Waals surface area contributed by atoms with E-state index in [4.69, 9.17) is 9.47 Å². The molecule has 0 bridgehead atoms. The lowest BCUT2D eigenvalue weighted by Gasteiger charge is -2.08. The van der Waals surface area contributed by atoms with Gasteiger partial charge in [0.25, 0.3) is 5.91 Å². The van der Waals surface area contributed by atoms with Gasteiger partial charge >= 0.3 is 0 Å². The lowest BCUT2D eigenvalue weighted by atomic mass is 10.1. The number of hydrogen-bond acceptors (Lipinski definition) is 4. The first-order valence-corrected chi connectivity index (χ1v) is 8.42. The van der Waals surface area contributed by atoms with Crippen molar-refractivity contribution in [1.82, 2.24) is 5.32 Å². The number of carbonyl (C=O) groups is 2. The van der Waals surface area contributed by atoms with Crippen molar-refractivity contribution < 1.29 is 19.1 Å². The van der Waals surface area contributed by atoms with Crippen LogP contribution in [0.5, 0.6) is 5.75 Å². The Hall–Kier alpha value is -2.86. The van der Waals surface area contributed by atoms with Crippen LogP contribution in [-0.2, 0) is 16.0 Å². The van der Waals surface area contributed by atoms with Gasteiger partial charge in [0.1, 0.15) is 5.75 Å². The quantitative estimate of drug-likeness (QED) is 0.677. The first kappa shape index (κ1) is 19.5. The van der Waals surface area contributed by atoms with Crippen LogP contribution in [-0.4, -0.2) is 39.2 Å². The fraction of sp³-hybridized carbons (Fsp3) is 0.300. The van der Waals surface area contributed by atoms with Crippen LogP contribution < -0.4 is 15.4 Å². The second kappa shape index (κ2) is 10.2. The zero-order valence-electron chi connectivity index (χ0n) is 15.1. The second-order valence-electron chi connectivity index (χ2n) is 5.75. The van der Waals surface area contributed by atoms with Crippen LogP contribution in [0.4, 0.5) is 5.69 Å². The van der Waals surface area contributed by atoms with E-state index in [0.29, 0.717) is 24.4 Å². The Morgan fingerprint density at radius 2 is 1.65 bits per heavy atom.